The summed E-state index contributed by atoms with van der Waals surface area (Å²) in [6.07, 6.45) is 2.35. The molecule has 3 heterocycles. The summed E-state index contributed by atoms with van der Waals surface area (Å²) in [5.74, 6) is -0.307. The molecule has 1 unspecified atom stereocenters. The molecule has 1 aliphatic heterocycles. The van der Waals surface area contributed by atoms with Gasteiger partial charge in [0.25, 0.3) is 11.7 Å². The molecule has 0 aromatic carbocycles. The number of aryl methyl sites for hydroxylation is 2. The minimum absolute atomic E-state index is 0.0309. The zero-order valence-corrected chi connectivity index (χ0v) is 17.6. The zero-order chi connectivity index (χ0) is 21.2. The van der Waals surface area contributed by atoms with Gasteiger partial charge in [-0.15, -0.1) is 0 Å². The number of carbonyl (C=O) groups is 2. The lowest BCUT2D eigenvalue weighted by Gasteiger charge is -2.26. The van der Waals surface area contributed by atoms with E-state index in [1.165, 1.54) is 11.2 Å². The van der Waals surface area contributed by atoms with Crippen LogP contribution in [0.5, 0.6) is 0 Å². The van der Waals surface area contributed by atoms with E-state index in [1.807, 2.05) is 13.8 Å². The highest BCUT2D eigenvalue weighted by atomic mass is 32.2. The molecular formula is C18H25N5O5S. The van der Waals surface area contributed by atoms with Gasteiger partial charge in [0.05, 0.1) is 11.5 Å². The minimum Gasteiger partial charge on any atom is -0.456 e. The SMILES string of the molecule is CCN(C(=O)COC(=O)CCc1c(C)nc2ncnn2c1C)C1CCS(=O)(=O)C1. The van der Waals surface area contributed by atoms with Crippen LogP contribution in [0.2, 0.25) is 0 Å². The second-order valence-corrected chi connectivity index (χ2v) is 9.36. The first-order chi connectivity index (χ1) is 13.7. The van der Waals surface area contributed by atoms with Crippen molar-refractivity contribution in [3.63, 3.8) is 0 Å². The van der Waals surface area contributed by atoms with Crippen molar-refractivity contribution in [2.45, 2.75) is 46.1 Å². The number of amides is 1. The smallest absolute Gasteiger partial charge is 0.306 e. The molecule has 2 aromatic heterocycles. The number of sulfone groups is 1. The van der Waals surface area contributed by atoms with Gasteiger partial charge in [0.15, 0.2) is 16.4 Å². The Morgan fingerprint density at radius 1 is 1.34 bits per heavy atom. The standard InChI is InChI=1S/C18H25N5O5S/c1-4-22(14-7-8-29(26,27)10-14)16(24)9-28-17(25)6-5-15-12(2)21-18-19-11-20-23(18)13(15)3/h11,14H,4-10H2,1-3H3. The molecule has 0 bridgehead atoms. The van der Waals surface area contributed by atoms with E-state index >= 15 is 0 Å². The number of rotatable bonds is 7. The Morgan fingerprint density at radius 2 is 2.10 bits per heavy atom. The molecule has 11 heteroatoms. The van der Waals surface area contributed by atoms with Gasteiger partial charge < -0.3 is 9.64 Å². The van der Waals surface area contributed by atoms with Crippen molar-refractivity contribution in [1.82, 2.24) is 24.5 Å². The predicted octanol–water partition coefficient (Wildman–Crippen LogP) is 0.253. The Bertz CT molecular complexity index is 1030. The molecule has 158 valence electrons. The number of nitrogens with zero attached hydrogens (tertiary/aromatic N) is 5. The molecular weight excluding hydrogens is 398 g/mol. The summed E-state index contributed by atoms with van der Waals surface area (Å²) in [6.45, 7) is 5.50. The number of carbonyl (C=O) groups excluding carboxylic acids is 2. The van der Waals surface area contributed by atoms with E-state index in [0.29, 0.717) is 25.2 Å². The maximum absolute atomic E-state index is 12.4. The number of aromatic nitrogens is 4. The van der Waals surface area contributed by atoms with Crippen LogP contribution < -0.4 is 0 Å². The van der Waals surface area contributed by atoms with Gasteiger partial charge in [-0.3, -0.25) is 9.59 Å². The summed E-state index contributed by atoms with van der Waals surface area (Å²) < 4.78 is 30.1. The average molecular weight is 423 g/mol. The lowest BCUT2D eigenvalue weighted by molar-refractivity contribution is -0.152. The number of ether oxygens (including phenoxy) is 1. The van der Waals surface area contributed by atoms with Crippen molar-refractivity contribution in [1.29, 1.82) is 0 Å². The Labute approximate surface area is 169 Å². The first-order valence-electron chi connectivity index (χ1n) is 9.53. The molecule has 1 saturated heterocycles. The van der Waals surface area contributed by atoms with E-state index in [1.54, 1.807) is 11.4 Å². The minimum atomic E-state index is -3.09. The maximum Gasteiger partial charge on any atom is 0.306 e. The summed E-state index contributed by atoms with van der Waals surface area (Å²) in [7, 11) is -3.09. The number of hydrogen-bond donors (Lipinski definition) is 0. The molecule has 1 amide bonds. The number of esters is 1. The third kappa shape index (κ3) is 4.72. The highest BCUT2D eigenvalue weighted by Crippen LogP contribution is 2.18. The van der Waals surface area contributed by atoms with Crippen LogP contribution in [0.1, 0.15) is 36.7 Å². The Hall–Kier alpha value is -2.56. The molecule has 0 spiro atoms. The Morgan fingerprint density at radius 3 is 2.76 bits per heavy atom. The van der Waals surface area contributed by atoms with Crippen molar-refractivity contribution >= 4 is 27.5 Å². The second-order valence-electron chi connectivity index (χ2n) is 7.13. The van der Waals surface area contributed by atoms with Crippen LogP contribution in [-0.2, 0) is 30.6 Å². The van der Waals surface area contributed by atoms with Crippen LogP contribution >= 0.6 is 0 Å². The molecule has 1 fully saturated rings. The third-order valence-corrected chi connectivity index (χ3v) is 6.98. The van der Waals surface area contributed by atoms with Gasteiger partial charge in [-0.2, -0.15) is 10.1 Å². The van der Waals surface area contributed by atoms with Crippen LogP contribution in [0, 0.1) is 13.8 Å². The molecule has 10 nitrogen and oxygen atoms in total. The predicted molar refractivity (Wildman–Crippen MR) is 104 cm³/mol. The topological polar surface area (TPSA) is 124 Å². The fourth-order valence-electron chi connectivity index (χ4n) is 3.70. The third-order valence-electron chi connectivity index (χ3n) is 5.23. The molecule has 2 aromatic rings. The van der Waals surface area contributed by atoms with Crippen LogP contribution in [0.3, 0.4) is 0 Å². The first-order valence-corrected chi connectivity index (χ1v) is 11.3. The fourth-order valence-corrected chi connectivity index (χ4v) is 5.43. The van der Waals surface area contributed by atoms with E-state index in [-0.39, 0.29) is 36.5 Å². The maximum atomic E-state index is 12.4. The summed E-state index contributed by atoms with van der Waals surface area (Å²) >= 11 is 0. The molecule has 0 aliphatic carbocycles. The van der Waals surface area contributed by atoms with Gasteiger partial charge in [-0.1, -0.05) is 0 Å². The zero-order valence-electron chi connectivity index (χ0n) is 16.8. The van der Waals surface area contributed by atoms with Crippen LogP contribution in [-0.4, -0.2) is 75.5 Å². The molecule has 1 aliphatic rings. The first kappa shape index (κ1) is 21.2. The van der Waals surface area contributed by atoms with Crippen molar-refractivity contribution in [3.05, 3.63) is 23.3 Å². The van der Waals surface area contributed by atoms with Crippen molar-refractivity contribution in [2.75, 3.05) is 24.7 Å². The lowest BCUT2D eigenvalue weighted by atomic mass is 10.1. The summed E-state index contributed by atoms with van der Waals surface area (Å²) in [5.41, 5.74) is 2.51. The number of likely N-dealkylation sites (N-methyl/N-ethyl adjacent to an activating group) is 1. The Kier molecular flexibility index (Phi) is 6.15. The highest BCUT2D eigenvalue weighted by Gasteiger charge is 2.34. The van der Waals surface area contributed by atoms with E-state index in [4.69, 9.17) is 4.74 Å². The van der Waals surface area contributed by atoms with Gasteiger partial charge >= 0.3 is 5.97 Å². The van der Waals surface area contributed by atoms with Crippen molar-refractivity contribution in [3.8, 4) is 0 Å². The fraction of sp³-hybridized carbons (Fsp3) is 0.611. The largest absolute Gasteiger partial charge is 0.456 e. The van der Waals surface area contributed by atoms with E-state index < -0.39 is 15.8 Å². The summed E-state index contributed by atoms with van der Waals surface area (Å²) in [4.78, 5) is 34.5. The Balaban J connectivity index is 1.54. The highest BCUT2D eigenvalue weighted by molar-refractivity contribution is 7.91. The number of hydrogen-bond acceptors (Lipinski definition) is 8. The quantitative estimate of drug-likeness (QED) is 0.581. The molecule has 0 N–H and O–H groups in total. The van der Waals surface area contributed by atoms with Crippen LogP contribution in [0.15, 0.2) is 6.33 Å². The van der Waals surface area contributed by atoms with Crippen molar-refractivity contribution in [2.24, 2.45) is 0 Å². The lowest BCUT2D eigenvalue weighted by Crippen LogP contribution is -2.43. The molecule has 0 radical (unpaired) electrons. The summed E-state index contributed by atoms with van der Waals surface area (Å²) in [5, 5.41) is 4.12. The monoisotopic (exact) mass is 423 g/mol. The van der Waals surface area contributed by atoms with E-state index in [0.717, 1.165) is 17.0 Å². The van der Waals surface area contributed by atoms with Gasteiger partial charge in [-0.05, 0) is 39.2 Å². The van der Waals surface area contributed by atoms with E-state index in [9.17, 15) is 18.0 Å². The molecule has 29 heavy (non-hydrogen) atoms. The van der Waals surface area contributed by atoms with Crippen LogP contribution in [0.4, 0.5) is 0 Å². The molecule has 3 rings (SSSR count). The molecule has 1 atom stereocenters. The van der Waals surface area contributed by atoms with Crippen molar-refractivity contribution < 1.29 is 22.7 Å². The van der Waals surface area contributed by atoms with Crippen LogP contribution in [0.25, 0.3) is 5.78 Å². The van der Waals surface area contributed by atoms with Gasteiger partial charge in [0.1, 0.15) is 6.33 Å². The normalized spacial score (nSPS) is 18.1. The van der Waals surface area contributed by atoms with Gasteiger partial charge in [0, 0.05) is 30.4 Å². The van der Waals surface area contributed by atoms with Gasteiger partial charge in [0.2, 0.25) is 0 Å². The van der Waals surface area contributed by atoms with Gasteiger partial charge in [-0.25, -0.2) is 17.9 Å². The second kappa shape index (κ2) is 8.44. The average Bonchev–Trinajstić information content (AvgIpc) is 3.26. The summed E-state index contributed by atoms with van der Waals surface area (Å²) in [6, 6.07) is -0.345. The van der Waals surface area contributed by atoms with E-state index in [2.05, 4.69) is 15.1 Å². The number of fused-ring (bicyclic) bond motifs is 1. The molecule has 0 saturated carbocycles.